The summed E-state index contributed by atoms with van der Waals surface area (Å²) in [7, 11) is 1.30. The van der Waals surface area contributed by atoms with Gasteiger partial charge in [0.25, 0.3) is 5.91 Å². The van der Waals surface area contributed by atoms with Gasteiger partial charge in [-0.1, -0.05) is 40.2 Å². The number of anilines is 1. The molecule has 1 atom stereocenters. The lowest BCUT2D eigenvalue weighted by Crippen LogP contribution is -2.34. The van der Waals surface area contributed by atoms with Crippen molar-refractivity contribution in [3.8, 4) is 0 Å². The lowest BCUT2D eigenvalue weighted by molar-refractivity contribution is -0.143. The largest absolute Gasteiger partial charge is 0.467 e. The highest BCUT2D eigenvalue weighted by molar-refractivity contribution is 9.10. The number of methoxy groups -OCH3 is 1. The molecule has 0 fully saturated rings. The van der Waals surface area contributed by atoms with Gasteiger partial charge in [0.1, 0.15) is 0 Å². The number of halogens is 1. The molecule has 1 unspecified atom stereocenters. The fourth-order valence-electron chi connectivity index (χ4n) is 2.78. The molecule has 2 aromatic rings. The zero-order chi connectivity index (χ0) is 18.5. The lowest BCUT2D eigenvalue weighted by atomic mass is 10.1. The standard InChI is InChI=1S/C20H19BrN2O3/c1-26-20(25)18(14-4-8-16(21)9-5-14)22-19(24)15-6-10-17(11-7-15)23-12-2-3-13-23/h2-11,18H,12-13H2,1H3,(H,22,24). The number of amides is 1. The van der Waals surface area contributed by atoms with Crippen LogP contribution in [0.2, 0.25) is 0 Å². The Kier molecular flexibility index (Phi) is 5.73. The molecule has 3 rings (SSSR count). The molecule has 6 heteroatoms. The number of nitrogens with one attached hydrogen (secondary N) is 1. The summed E-state index contributed by atoms with van der Waals surface area (Å²) in [4.78, 5) is 26.9. The van der Waals surface area contributed by atoms with Gasteiger partial charge in [-0.2, -0.15) is 0 Å². The van der Waals surface area contributed by atoms with Crippen molar-refractivity contribution in [2.45, 2.75) is 6.04 Å². The van der Waals surface area contributed by atoms with Crippen LogP contribution in [0.4, 0.5) is 5.69 Å². The Morgan fingerprint density at radius 1 is 1.04 bits per heavy atom. The summed E-state index contributed by atoms with van der Waals surface area (Å²) < 4.78 is 5.73. The molecule has 2 aromatic carbocycles. The van der Waals surface area contributed by atoms with Gasteiger partial charge in [-0.25, -0.2) is 4.79 Å². The van der Waals surface area contributed by atoms with E-state index in [1.807, 2.05) is 24.3 Å². The molecule has 0 saturated carbocycles. The summed E-state index contributed by atoms with van der Waals surface area (Å²) in [5.74, 6) is -0.838. The minimum Gasteiger partial charge on any atom is -0.467 e. The number of benzene rings is 2. The number of nitrogens with zero attached hydrogens (tertiary/aromatic N) is 1. The smallest absolute Gasteiger partial charge is 0.333 e. The molecule has 26 heavy (non-hydrogen) atoms. The Morgan fingerprint density at radius 2 is 1.65 bits per heavy atom. The van der Waals surface area contributed by atoms with Crippen molar-refractivity contribution in [1.29, 1.82) is 0 Å². The van der Waals surface area contributed by atoms with Crippen LogP contribution in [0.5, 0.6) is 0 Å². The number of carbonyl (C=O) groups is 2. The average molecular weight is 415 g/mol. The van der Waals surface area contributed by atoms with E-state index >= 15 is 0 Å². The van der Waals surface area contributed by atoms with Crippen molar-refractivity contribution in [2.24, 2.45) is 0 Å². The third kappa shape index (κ3) is 4.14. The van der Waals surface area contributed by atoms with E-state index in [1.54, 1.807) is 24.3 Å². The number of carbonyl (C=O) groups excluding carboxylic acids is 2. The summed E-state index contributed by atoms with van der Waals surface area (Å²) >= 11 is 3.36. The third-order valence-electron chi connectivity index (χ3n) is 4.23. The molecule has 0 spiro atoms. The first kappa shape index (κ1) is 18.2. The van der Waals surface area contributed by atoms with Crippen molar-refractivity contribution in [3.05, 3.63) is 76.3 Å². The number of hydrogen-bond donors (Lipinski definition) is 1. The van der Waals surface area contributed by atoms with Crippen LogP contribution in [0.15, 0.2) is 65.2 Å². The van der Waals surface area contributed by atoms with Gasteiger partial charge in [0, 0.05) is 28.8 Å². The first-order chi connectivity index (χ1) is 12.6. The molecule has 1 heterocycles. The van der Waals surface area contributed by atoms with E-state index in [0.29, 0.717) is 11.1 Å². The third-order valence-corrected chi connectivity index (χ3v) is 4.76. The van der Waals surface area contributed by atoms with E-state index < -0.39 is 12.0 Å². The van der Waals surface area contributed by atoms with Gasteiger partial charge in [0.15, 0.2) is 6.04 Å². The van der Waals surface area contributed by atoms with Gasteiger partial charge in [0.2, 0.25) is 0 Å². The summed E-state index contributed by atoms with van der Waals surface area (Å²) in [6, 6.07) is 13.7. The molecule has 1 aliphatic rings. The molecule has 0 aromatic heterocycles. The van der Waals surface area contributed by atoms with Crippen LogP contribution < -0.4 is 10.2 Å². The first-order valence-electron chi connectivity index (χ1n) is 8.22. The number of esters is 1. The zero-order valence-corrected chi connectivity index (χ0v) is 15.9. The van der Waals surface area contributed by atoms with Crippen LogP contribution in [-0.4, -0.2) is 32.1 Å². The normalized spacial score (nSPS) is 14.2. The summed E-state index contributed by atoms with van der Waals surface area (Å²) in [5, 5.41) is 2.75. The van der Waals surface area contributed by atoms with Crippen LogP contribution in [0.3, 0.4) is 0 Å². The molecule has 0 saturated heterocycles. The summed E-state index contributed by atoms with van der Waals surface area (Å²) in [6.45, 7) is 1.75. The van der Waals surface area contributed by atoms with Crippen molar-refractivity contribution in [2.75, 3.05) is 25.1 Å². The SMILES string of the molecule is COC(=O)C(NC(=O)c1ccc(N2CC=CC2)cc1)c1ccc(Br)cc1. The second-order valence-electron chi connectivity index (χ2n) is 5.90. The van der Waals surface area contributed by atoms with Crippen LogP contribution in [0, 0.1) is 0 Å². The van der Waals surface area contributed by atoms with Gasteiger partial charge in [-0.3, -0.25) is 4.79 Å². The molecule has 1 amide bonds. The van der Waals surface area contributed by atoms with Gasteiger partial charge in [-0.05, 0) is 42.0 Å². The molecule has 134 valence electrons. The second kappa shape index (κ2) is 8.19. The Balaban J connectivity index is 1.74. The number of rotatable bonds is 5. The molecule has 5 nitrogen and oxygen atoms in total. The molecular weight excluding hydrogens is 396 g/mol. The highest BCUT2D eigenvalue weighted by Crippen LogP contribution is 2.20. The Morgan fingerprint density at radius 3 is 2.23 bits per heavy atom. The van der Waals surface area contributed by atoms with Crippen LogP contribution in [-0.2, 0) is 9.53 Å². The molecule has 0 aliphatic carbocycles. The Bertz CT molecular complexity index is 808. The van der Waals surface area contributed by atoms with Crippen molar-refractivity contribution >= 4 is 33.5 Å². The molecule has 0 radical (unpaired) electrons. The Labute approximate surface area is 160 Å². The predicted molar refractivity (Wildman–Crippen MR) is 104 cm³/mol. The van der Waals surface area contributed by atoms with Crippen molar-refractivity contribution in [1.82, 2.24) is 5.32 Å². The minimum absolute atomic E-state index is 0.325. The topological polar surface area (TPSA) is 58.6 Å². The fourth-order valence-corrected chi connectivity index (χ4v) is 3.04. The molecular formula is C20H19BrN2O3. The van der Waals surface area contributed by atoms with Gasteiger partial charge < -0.3 is 15.0 Å². The molecule has 0 bridgehead atoms. The quantitative estimate of drug-likeness (QED) is 0.600. The average Bonchev–Trinajstić information content (AvgIpc) is 3.21. The molecule has 1 aliphatic heterocycles. The predicted octanol–water partition coefficient (Wildman–Crippen LogP) is 3.47. The van der Waals surface area contributed by atoms with Crippen LogP contribution in [0.25, 0.3) is 0 Å². The fraction of sp³-hybridized carbons (Fsp3) is 0.200. The maximum absolute atomic E-state index is 12.6. The van der Waals surface area contributed by atoms with Gasteiger partial charge >= 0.3 is 5.97 Å². The second-order valence-corrected chi connectivity index (χ2v) is 6.82. The van der Waals surface area contributed by atoms with Crippen molar-refractivity contribution < 1.29 is 14.3 Å². The molecule has 1 N–H and O–H groups in total. The number of ether oxygens (including phenoxy) is 1. The van der Waals surface area contributed by atoms with Gasteiger partial charge in [-0.15, -0.1) is 0 Å². The van der Waals surface area contributed by atoms with E-state index in [1.165, 1.54) is 7.11 Å². The first-order valence-corrected chi connectivity index (χ1v) is 9.02. The minimum atomic E-state index is -0.858. The maximum Gasteiger partial charge on any atom is 0.333 e. The van der Waals surface area contributed by atoms with Crippen LogP contribution >= 0.6 is 15.9 Å². The van der Waals surface area contributed by atoms with E-state index in [2.05, 4.69) is 38.3 Å². The highest BCUT2D eigenvalue weighted by atomic mass is 79.9. The van der Waals surface area contributed by atoms with Crippen LogP contribution in [0.1, 0.15) is 22.0 Å². The summed E-state index contributed by atoms with van der Waals surface area (Å²) in [5.41, 5.74) is 2.21. The lowest BCUT2D eigenvalue weighted by Gasteiger charge is -2.19. The van der Waals surface area contributed by atoms with E-state index in [0.717, 1.165) is 23.2 Å². The van der Waals surface area contributed by atoms with Gasteiger partial charge in [0.05, 0.1) is 7.11 Å². The number of hydrogen-bond acceptors (Lipinski definition) is 4. The monoisotopic (exact) mass is 414 g/mol. The van der Waals surface area contributed by atoms with Crippen molar-refractivity contribution in [3.63, 3.8) is 0 Å². The van der Waals surface area contributed by atoms with E-state index in [9.17, 15) is 9.59 Å². The zero-order valence-electron chi connectivity index (χ0n) is 14.3. The highest BCUT2D eigenvalue weighted by Gasteiger charge is 2.24. The van der Waals surface area contributed by atoms with E-state index in [4.69, 9.17) is 4.74 Å². The summed E-state index contributed by atoms with van der Waals surface area (Å²) in [6.07, 6.45) is 4.22. The Hall–Kier alpha value is -2.60. The van der Waals surface area contributed by atoms with E-state index in [-0.39, 0.29) is 5.91 Å². The maximum atomic E-state index is 12.6.